The van der Waals surface area contributed by atoms with Crippen LogP contribution in [0.4, 0.5) is 16.0 Å². The SMILES string of the molecule is Fc1ccc([N]Cc2ccc(OCCCCNc3ncccn3)cc2)cc1. The monoisotopic (exact) mass is 365 g/mol. The summed E-state index contributed by atoms with van der Waals surface area (Å²) in [6.45, 7) is 2.03. The van der Waals surface area contributed by atoms with Gasteiger partial charge in [-0.2, -0.15) is 0 Å². The topological polar surface area (TPSA) is 61.1 Å². The number of hydrogen-bond acceptors (Lipinski definition) is 4. The van der Waals surface area contributed by atoms with E-state index >= 15 is 0 Å². The van der Waals surface area contributed by atoms with Crippen molar-refractivity contribution >= 4 is 11.6 Å². The first kappa shape index (κ1) is 18.6. The highest BCUT2D eigenvalue weighted by Gasteiger charge is 1.99. The van der Waals surface area contributed by atoms with E-state index in [2.05, 4.69) is 20.6 Å². The van der Waals surface area contributed by atoms with Crippen molar-refractivity contribution in [3.63, 3.8) is 0 Å². The van der Waals surface area contributed by atoms with Crippen LogP contribution in [-0.4, -0.2) is 23.1 Å². The number of halogens is 1. The molecule has 0 bridgehead atoms. The lowest BCUT2D eigenvalue weighted by molar-refractivity contribution is 0.308. The van der Waals surface area contributed by atoms with Gasteiger partial charge in [-0.05, 0) is 60.9 Å². The van der Waals surface area contributed by atoms with Crippen LogP contribution < -0.4 is 15.4 Å². The first-order valence-corrected chi connectivity index (χ1v) is 8.95. The number of nitrogens with one attached hydrogen (secondary N) is 1. The van der Waals surface area contributed by atoms with Gasteiger partial charge in [-0.15, -0.1) is 0 Å². The van der Waals surface area contributed by atoms with Crippen LogP contribution in [0.3, 0.4) is 0 Å². The molecule has 139 valence electrons. The molecule has 6 heteroatoms. The van der Waals surface area contributed by atoms with Crippen molar-refractivity contribution in [3.05, 3.63) is 78.4 Å². The number of aromatic nitrogens is 2. The zero-order valence-electron chi connectivity index (χ0n) is 15.0. The van der Waals surface area contributed by atoms with E-state index in [1.807, 2.05) is 24.3 Å². The summed E-state index contributed by atoms with van der Waals surface area (Å²) < 4.78 is 18.6. The van der Waals surface area contributed by atoms with E-state index in [0.717, 1.165) is 36.4 Å². The fourth-order valence-corrected chi connectivity index (χ4v) is 2.43. The van der Waals surface area contributed by atoms with Gasteiger partial charge in [-0.1, -0.05) is 12.1 Å². The highest BCUT2D eigenvalue weighted by molar-refractivity contribution is 5.36. The third-order valence-corrected chi connectivity index (χ3v) is 3.88. The summed E-state index contributed by atoms with van der Waals surface area (Å²) in [5.74, 6) is 1.25. The number of unbranched alkanes of at least 4 members (excludes halogenated alkanes) is 1. The summed E-state index contributed by atoms with van der Waals surface area (Å²) in [6.07, 6.45) is 5.36. The quantitative estimate of drug-likeness (QED) is 0.544. The van der Waals surface area contributed by atoms with Gasteiger partial charge in [0, 0.05) is 18.9 Å². The van der Waals surface area contributed by atoms with Crippen LogP contribution in [0.5, 0.6) is 5.75 Å². The standard InChI is InChI=1S/C21H22FN4O/c22-18-6-8-19(9-7-18)26-16-17-4-10-20(11-5-17)27-15-2-1-12-23-21-24-13-3-14-25-21/h3-11,13-14H,1-2,12,15-16H2,(H,23,24,25). The Kier molecular flexibility index (Phi) is 6.98. The highest BCUT2D eigenvalue weighted by Crippen LogP contribution is 2.15. The Balaban J connectivity index is 1.31. The smallest absolute Gasteiger partial charge is 0.222 e. The zero-order chi connectivity index (χ0) is 18.7. The van der Waals surface area contributed by atoms with Crippen molar-refractivity contribution in [2.75, 3.05) is 18.5 Å². The molecule has 0 saturated heterocycles. The van der Waals surface area contributed by atoms with Crippen molar-refractivity contribution in [3.8, 4) is 5.75 Å². The van der Waals surface area contributed by atoms with Crippen LogP contribution in [0.15, 0.2) is 67.0 Å². The fraction of sp³-hybridized carbons (Fsp3) is 0.238. The van der Waals surface area contributed by atoms with E-state index in [0.29, 0.717) is 19.1 Å². The molecule has 0 aliphatic carbocycles. The van der Waals surface area contributed by atoms with E-state index in [9.17, 15) is 4.39 Å². The van der Waals surface area contributed by atoms with Gasteiger partial charge in [-0.25, -0.2) is 14.4 Å². The van der Waals surface area contributed by atoms with Crippen LogP contribution in [0, 0.1) is 5.82 Å². The lowest BCUT2D eigenvalue weighted by Gasteiger charge is -2.08. The van der Waals surface area contributed by atoms with Crippen LogP contribution in [0.1, 0.15) is 18.4 Å². The summed E-state index contributed by atoms with van der Waals surface area (Å²) in [5.41, 5.74) is 1.85. The molecule has 1 N–H and O–H groups in total. The Morgan fingerprint density at radius 3 is 2.41 bits per heavy atom. The number of benzene rings is 2. The van der Waals surface area contributed by atoms with E-state index in [1.165, 1.54) is 12.1 Å². The summed E-state index contributed by atoms with van der Waals surface area (Å²) in [5, 5.41) is 7.62. The molecule has 1 radical (unpaired) electrons. The molecule has 0 fully saturated rings. The minimum atomic E-state index is -0.250. The predicted octanol–water partition coefficient (Wildman–Crippen LogP) is 4.32. The first-order chi connectivity index (χ1) is 13.3. The van der Waals surface area contributed by atoms with Gasteiger partial charge < -0.3 is 10.1 Å². The van der Waals surface area contributed by atoms with Crippen molar-refractivity contribution in [2.24, 2.45) is 0 Å². The van der Waals surface area contributed by atoms with Gasteiger partial charge in [0.15, 0.2) is 0 Å². The van der Waals surface area contributed by atoms with E-state index in [-0.39, 0.29) is 5.82 Å². The molecular weight excluding hydrogens is 343 g/mol. The number of anilines is 1. The molecule has 0 unspecified atom stereocenters. The summed E-state index contributed by atoms with van der Waals surface area (Å²) in [7, 11) is 0. The van der Waals surface area contributed by atoms with E-state index < -0.39 is 0 Å². The molecule has 0 saturated carbocycles. The molecule has 1 aromatic heterocycles. The molecular formula is C21H22FN4O. The summed E-state index contributed by atoms with van der Waals surface area (Å²) in [4.78, 5) is 8.23. The maximum atomic E-state index is 12.9. The van der Waals surface area contributed by atoms with Crippen LogP contribution in [-0.2, 0) is 6.54 Å². The van der Waals surface area contributed by atoms with Gasteiger partial charge in [0.05, 0.1) is 18.8 Å². The molecule has 0 aliphatic rings. The minimum absolute atomic E-state index is 0.250. The van der Waals surface area contributed by atoms with E-state index in [4.69, 9.17) is 4.74 Å². The van der Waals surface area contributed by atoms with E-state index in [1.54, 1.807) is 30.6 Å². The molecule has 0 amide bonds. The molecule has 3 aromatic rings. The second-order valence-corrected chi connectivity index (χ2v) is 5.99. The van der Waals surface area contributed by atoms with Gasteiger partial charge >= 0.3 is 0 Å². The molecule has 0 spiro atoms. The van der Waals surface area contributed by atoms with Gasteiger partial charge in [-0.3, -0.25) is 5.32 Å². The second kappa shape index (κ2) is 10.1. The Morgan fingerprint density at radius 2 is 1.67 bits per heavy atom. The maximum Gasteiger partial charge on any atom is 0.222 e. The number of nitrogens with zero attached hydrogens (tertiary/aromatic N) is 3. The van der Waals surface area contributed by atoms with Crippen molar-refractivity contribution in [1.29, 1.82) is 0 Å². The number of rotatable bonds is 10. The largest absolute Gasteiger partial charge is 0.494 e. The Labute approximate surface area is 158 Å². The summed E-state index contributed by atoms with van der Waals surface area (Å²) in [6, 6.07) is 15.9. The molecule has 5 nitrogen and oxygen atoms in total. The lowest BCUT2D eigenvalue weighted by atomic mass is 10.2. The van der Waals surface area contributed by atoms with Crippen LogP contribution >= 0.6 is 0 Å². The van der Waals surface area contributed by atoms with Gasteiger partial charge in [0.25, 0.3) is 0 Å². The number of hydrogen-bond donors (Lipinski definition) is 1. The third-order valence-electron chi connectivity index (χ3n) is 3.88. The molecule has 27 heavy (non-hydrogen) atoms. The zero-order valence-corrected chi connectivity index (χ0v) is 15.0. The van der Waals surface area contributed by atoms with Gasteiger partial charge in [0.2, 0.25) is 5.95 Å². The van der Waals surface area contributed by atoms with Crippen molar-refractivity contribution in [2.45, 2.75) is 19.4 Å². The Morgan fingerprint density at radius 1 is 0.926 bits per heavy atom. The third kappa shape index (κ3) is 6.58. The van der Waals surface area contributed by atoms with Crippen LogP contribution in [0.2, 0.25) is 0 Å². The second-order valence-electron chi connectivity index (χ2n) is 5.99. The molecule has 0 atom stereocenters. The highest BCUT2D eigenvalue weighted by atomic mass is 19.1. The fourth-order valence-electron chi connectivity index (χ4n) is 2.43. The summed E-state index contributed by atoms with van der Waals surface area (Å²) >= 11 is 0. The van der Waals surface area contributed by atoms with Crippen molar-refractivity contribution < 1.29 is 9.13 Å². The maximum absolute atomic E-state index is 12.9. The Hall–Kier alpha value is -3.15. The average molecular weight is 365 g/mol. The van der Waals surface area contributed by atoms with Crippen LogP contribution in [0.25, 0.3) is 0 Å². The van der Waals surface area contributed by atoms with Crippen molar-refractivity contribution in [1.82, 2.24) is 15.3 Å². The molecule has 1 heterocycles. The predicted molar refractivity (Wildman–Crippen MR) is 104 cm³/mol. The first-order valence-electron chi connectivity index (χ1n) is 8.95. The average Bonchev–Trinajstić information content (AvgIpc) is 2.72. The van der Waals surface area contributed by atoms with Gasteiger partial charge in [0.1, 0.15) is 11.6 Å². The Bertz CT molecular complexity index is 795. The minimum Gasteiger partial charge on any atom is -0.494 e. The molecule has 0 aliphatic heterocycles. The number of ether oxygens (including phenoxy) is 1. The lowest BCUT2D eigenvalue weighted by Crippen LogP contribution is -2.07. The molecule has 2 aromatic carbocycles. The normalized spacial score (nSPS) is 10.4. The molecule has 3 rings (SSSR count).